The maximum absolute atomic E-state index is 9.62. The van der Waals surface area contributed by atoms with Crippen LogP contribution in [0, 0.1) is 11.8 Å². The fraction of sp³-hybridized carbons (Fsp3) is 0.478. The molecule has 1 N–H and O–H groups in total. The summed E-state index contributed by atoms with van der Waals surface area (Å²) in [4.78, 5) is 0. The second-order valence-electron chi connectivity index (χ2n) is 7.14. The van der Waals surface area contributed by atoms with Crippen LogP contribution < -0.4 is 9.47 Å². The van der Waals surface area contributed by atoms with Gasteiger partial charge in [-0.15, -0.1) is 0 Å². The van der Waals surface area contributed by atoms with Crippen molar-refractivity contribution in [1.29, 1.82) is 0 Å². The third kappa shape index (κ3) is 7.24. The molecule has 0 unspecified atom stereocenters. The predicted octanol–water partition coefficient (Wildman–Crippen LogP) is 4.49. The lowest BCUT2D eigenvalue weighted by Gasteiger charge is -2.19. The molecule has 4 nitrogen and oxygen atoms in total. The van der Waals surface area contributed by atoms with Crippen LogP contribution >= 0.6 is 0 Å². The molecule has 0 heterocycles. The summed E-state index contributed by atoms with van der Waals surface area (Å²) in [5.41, 5.74) is 2.27. The SMILES string of the molecule is COCCCOc1cc(C[C@H](CO)C(C)C)ccc1OCc1ccccc1. The van der Waals surface area contributed by atoms with Gasteiger partial charge in [0.2, 0.25) is 0 Å². The highest BCUT2D eigenvalue weighted by molar-refractivity contribution is 5.43. The molecule has 27 heavy (non-hydrogen) atoms. The number of benzene rings is 2. The fourth-order valence-corrected chi connectivity index (χ4v) is 2.85. The summed E-state index contributed by atoms with van der Waals surface area (Å²) >= 11 is 0. The first-order valence-electron chi connectivity index (χ1n) is 9.66. The molecule has 0 saturated heterocycles. The summed E-state index contributed by atoms with van der Waals surface area (Å²) in [6.45, 7) is 6.21. The quantitative estimate of drug-likeness (QED) is 0.558. The van der Waals surface area contributed by atoms with Crippen molar-refractivity contribution in [3.63, 3.8) is 0 Å². The van der Waals surface area contributed by atoms with Crippen LogP contribution in [-0.4, -0.2) is 32.0 Å². The van der Waals surface area contributed by atoms with Crippen LogP contribution in [0.4, 0.5) is 0 Å². The number of hydrogen-bond acceptors (Lipinski definition) is 4. The van der Waals surface area contributed by atoms with Crippen molar-refractivity contribution in [2.24, 2.45) is 11.8 Å². The molecule has 0 fully saturated rings. The van der Waals surface area contributed by atoms with Gasteiger partial charge in [-0.25, -0.2) is 0 Å². The maximum Gasteiger partial charge on any atom is 0.161 e. The Hall–Kier alpha value is -2.04. The number of hydrogen-bond donors (Lipinski definition) is 1. The summed E-state index contributed by atoms with van der Waals surface area (Å²) in [5.74, 6) is 2.16. The normalized spacial score (nSPS) is 12.2. The molecule has 0 spiro atoms. The van der Waals surface area contributed by atoms with Crippen molar-refractivity contribution < 1.29 is 19.3 Å². The second-order valence-corrected chi connectivity index (χ2v) is 7.14. The van der Waals surface area contributed by atoms with Crippen LogP contribution in [0.5, 0.6) is 11.5 Å². The molecule has 0 aromatic heterocycles. The summed E-state index contributed by atoms with van der Waals surface area (Å²) in [5, 5.41) is 9.62. The monoisotopic (exact) mass is 372 g/mol. The van der Waals surface area contributed by atoms with Crippen LogP contribution in [0.2, 0.25) is 0 Å². The van der Waals surface area contributed by atoms with E-state index in [1.54, 1.807) is 7.11 Å². The number of aliphatic hydroxyl groups is 1. The Kier molecular flexibility index (Phi) is 9.16. The lowest BCUT2D eigenvalue weighted by Crippen LogP contribution is -2.16. The zero-order valence-corrected chi connectivity index (χ0v) is 16.7. The van der Waals surface area contributed by atoms with Crippen LogP contribution in [0.15, 0.2) is 48.5 Å². The predicted molar refractivity (Wildman–Crippen MR) is 108 cm³/mol. The minimum Gasteiger partial charge on any atom is -0.490 e. The van der Waals surface area contributed by atoms with Gasteiger partial charge in [0.25, 0.3) is 0 Å². The van der Waals surface area contributed by atoms with Crippen molar-refractivity contribution in [3.05, 3.63) is 59.7 Å². The zero-order chi connectivity index (χ0) is 19.5. The molecule has 0 bridgehead atoms. The van der Waals surface area contributed by atoms with Crippen molar-refractivity contribution in [2.45, 2.75) is 33.3 Å². The number of methoxy groups -OCH3 is 1. The van der Waals surface area contributed by atoms with Crippen molar-refractivity contribution in [1.82, 2.24) is 0 Å². The first-order chi connectivity index (χ1) is 13.1. The van der Waals surface area contributed by atoms with Crippen molar-refractivity contribution in [3.8, 4) is 11.5 Å². The lowest BCUT2D eigenvalue weighted by atomic mass is 9.90. The molecule has 0 radical (unpaired) electrons. The van der Waals surface area contributed by atoms with Gasteiger partial charge in [0.05, 0.1) is 6.61 Å². The molecule has 2 rings (SSSR count). The van der Waals surface area contributed by atoms with E-state index in [1.807, 2.05) is 42.5 Å². The van der Waals surface area contributed by atoms with E-state index in [1.165, 1.54) is 0 Å². The Balaban J connectivity index is 2.10. The molecule has 0 amide bonds. The number of rotatable bonds is 12. The van der Waals surface area contributed by atoms with Crippen molar-refractivity contribution >= 4 is 0 Å². The van der Waals surface area contributed by atoms with Gasteiger partial charge < -0.3 is 19.3 Å². The molecular formula is C23H32O4. The number of aliphatic hydroxyl groups excluding tert-OH is 1. The van der Waals surface area contributed by atoms with Gasteiger partial charge in [-0.3, -0.25) is 0 Å². The van der Waals surface area contributed by atoms with Gasteiger partial charge in [0.15, 0.2) is 11.5 Å². The molecule has 148 valence electrons. The largest absolute Gasteiger partial charge is 0.490 e. The van der Waals surface area contributed by atoms with E-state index in [9.17, 15) is 5.11 Å². The van der Waals surface area contributed by atoms with E-state index >= 15 is 0 Å². The third-order valence-corrected chi connectivity index (χ3v) is 4.67. The minimum absolute atomic E-state index is 0.188. The molecular weight excluding hydrogens is 340 g/mol. The third-order valence-electron chi connectivity index (χ3n) is 4.67. The van der Waals surface area contributed by atoms with Crippen LogP contribution in [-0.2, 0) is 17.8 Å². The smallest absolute Gasteiger partial charge is 0.161 e. The number of ether oxygens (including phenoxy) is 3. The summed E-state index contributed by atoms with van der Waals surface area (Å²) in [7, 11) is 1.69. The van der Waals surface area contributed by atoms with E-state index in [0.29, 0.717) is 25.7 Å². The standard InChI is InChI=1S/C23H32O4/c1-18(2)21(16-24)14-20-10-11-22(23(15-20)26-13-7-12-25-3)27-17-19-8-5-4-6-9-19/h4-6,8-11,15,18,21,24H,7,12-14,16-17H2,1-3H3/t21-/m1/s1. The highest BCUT2D eigenvalue weighted by Gasteiger charge is 2.15. The molecule has 1 atom stereocenters. The van der Waals surface area contributed by atoms with Crippen LogP contribution in [0.25, 0.3) is 0 Å². The highest BCUT2D eigenvalue weighted by atomic mass is 16.5. The van der Waals surface area contributed by atoms with E-state index in [4.69, 9.17) is 14.2 Å². The van der Waals surface area contributed by atoms with Crippen LogP contribution in [0.1, 0.15) is 31.4 Å². The first-order valence-corrected chi connectivity index (χ1v) is 9.66. The van der Waals surface area contributed by atoms with Gasteiger partial charge in [-0.1, -0.05) is 50.2 Å². The highest BCUT2D eigenvalue weighted by Crippen LogP contribution is 2.31. The molecule has 0 aliphatic heterocycles. The summed E-state index contributed by atoms with van der Waals surface area (Å²) in [6, 6.07) is 16.2. The average Bonchev–Trinajstić information content (AvgIpc) is 2.69. The van der Waals surface area contributed by atoms with Gasteiger partial charge in [0, 0.05) is 26.7 Å². The van der Waals surface area contributed by atoms with E-state index in [2.05, 4.69) is 19.9 Å². The van der Waals surface area contributed by atoms with Crippen molar-refractivity contribution in [2.75, 3.05) is 26.9 Å². The molecule has 0 saturated carbocycles. The van der Waals surface area contributed by atoms with Gasteiger partial charge in [0.1, 0.15) is 6.61 Å². The zero-order valence-electron chi connectivity index (χ0n) is 16.7. The molecule has 2 aromatic carbocycles. The Morgan fingerprint density at radius 1 is 0.889 bits per heavy atom. The van der Waals surface area contributed by atoms with Gasteiger partial charge in [-0.05, 0) is 41.5 Å². The molecule has 2 aromatic rings. The topological polar surface area (TPSA) is 47.9 Å². The average molecular weight is 373 g/mol. The molecule has 0 aliphatic rings. The Morgan fingerprint density at radius 2 is 1.67 bits per heavy atom. The molecule has 4 heteroatoms. The molecule has 0 aliphatic carbocycles. The minimum atomic E-state index is 0.188. The first kappa shape index (κ1) is 21.3. The maximum atomic E-state index is 9.62. The van der Waals surface area contributed by atoms with E-state index < -0.39 is 0 Å². The lowest BCUT2D eigenvalue weighted by molar-refractivity contribution is 0.169. The Morgan fingerprint density at radius 3 is 2.33 bits per heavy atom. The van der Waals surface area contributed by atoms with E-state index in [-0.39, 0.29) is 12.5 Å². The van der Waals surface area contributed by atoms with Gasteiger partial charge in [-0.2, -0.15) is 0 Å². The fourth-order valence-electron chi connectivity index (χ4n) is 2.85. The Labute approximate surface area is 163 Å². The van der Waals surface area contributed by atoms with E-state index in [0.717, 1.165) is 35.5 Å². The second kappa shape index (κ2) is 11.6. The Bertz CT molecular complexity index is 655. The van der Waals surface area contributed by atoms with Crippen LogP contribution in [0.3, 0.4) is 0 Å². The van der Waals surface area contributed by atoms with Gasteiger partial charge >= 0.3 is 0 Å². The summed E-state index contributed by atoms with van der Waals surface area (Å²) in [6.07, 6.45) is 1.64. The summed E-state index contributed by atoms with van der Waals surface area (Å²) < 4.78 is 17.1.